The Morgan fingerprint density at radius 1 is 1.58 bits per heavy atom. The van der Waals surface area contributed by atoms with Gasteiger partial charge in [-0.15, -0.1) is 0 Å². The first-order valence-corrected chi connectivity index (χ1v) is 6.69. The third-order valence-corrected chi connectivity index (χ3v) is 3.38. The van der Waals surface area contributed by atoms with Gasteiger partial charge in [0.15, 0.2) is 0 Å². The maximum atomic E-state index is 12.0. The standard InChI is InChI=1S/C13H21N5O/c1-2-18(10-3-4-10)8-7-16-13(19)11-9-15-6-5-12(11)17-14/h5-6,9-10H,2-4,7-8,14H2,1H3,(H,15,17)(H,16,19). The number of hydrogen-bond donors (Lipinski definition) is 3. The molecule has 0 radical (unpaired) electrons. The number of nitrogens with one attached hydrogen (secondary N) is 2. The maximum absolute atomic E-state index is 12.0. The van der Waals surface area contributed by atoms with Crippen LogP contribution in [0.5, 0.6) is 0 Å². The van der Waals surface area contributed by atoms with E-state index in [1.807, 2.05) is 0 Å². The molecule has 104 valence electrons. The Bertz CT molecular complexity index is 433. The summed E-state index contributed by atoms with van der Waals surface area (Å²) >= 11 is 0. The third kappa shape index (κ3) is 3.65. The summed E-state index contributed by atoms with van der Waals surface area (Å²) < 4.78 is 0. The minimum atomic E-state index is -0.145. The first kappa shape index (κ1) is 13.8. The average molecular weight is 263 g/mol. The second-order valence-electron chi connectivity index (χ2n) is 4.68. The number of likely N-dealkylation sites (N-methyl/N-ethyl adjacent to an activating group) is 1. The SMILES string of the molecule is CCN(CCNC(=O)c1cnccc1NN)C1CC1. The summed E-state index contributed by atoms with van der Waals surface area (Å²) in [7, 11) is 0. The highest BCUT2D eigenvalue weighted by Crippen LogP contribution is 2.25. The van der Waals surface area contributed by atoms with Gasteiger partial charge in [0.05, 0.1) is 11.3 Å². The Kier molecular flexibility index (Phi) is 4.70. The third-order valence-electron chi connectivity index (χ3n) is 3.38. The molecule has 1 saturated carbocycles. The molecule has 1 aliphatic rings. The lowest BCUT2D eigenvalue weighted by atomic mass is 10.2. The summed E-state index contributed by atoms with van der Waals surface area (Å²) in [5, 5.41) is 2.90. The summed E-state index contributed by atoms with van der Waals surface area (Å²) in [6, 6.07) is 2.40. The molecule has 19 heavy (non-hydrogen) atoms. The fourth-order valence-corrected chi connectivity index (χ4v) is 2.15. The molecule has 1 aromatic rings. The van der Waals surface area contributed by atoms with Gasteiger partial charge in [-0.2, -0.15) is 0 Å². The molecule has 0 unspecified atom stereocenters. The van der Waals surface area contributed by atoms with Crippen LogP contribution in [-0.2, 0) is 0 Å². The average Bonchev–Trinajstić information content (AvgIpc) is 3.28. The van der Waals surface area contributed by atoms with Crippen LogP contribution in [-0.4, -0.2) is 41.5 Å². The number of hydrazine groups is 1. The Morgan fingerprint density at radius 3 is 3.00 bits per heavy atom. The van der Waals surface area contributed by atoms with Crippen LogP contribution >= 0.6 is 0 Å². The topological polar surface area (TPSA) is 83.3 Å². The number of aromatic nitrogens is 1. The molecule has 1 amide bonds. The summed E-state index contributed by atoms with van der Waals surface area (Å²) in [6.45, 7) is 4.71. The van der Waals surface area contributed by atoms with Crippen LogP contribution in [0.1, 0.15) is 30.1 Å². The van der Waals surface area contributed by atoms with Gasteiger partial charge in [-0.25, -0.2) is 0 Å². The summed E-state index contributed by atoms with van der Waals surface area (Å²) in [5.74, 6) is 5.22. The number of rotatable bonds is 7. The molecule has 0 atom stereocenters. The van der Waals surface area contributed by atoms with Crippen molar-refractivity contribution in [3.8, 4) is 0 Å². The lowest BCUT2D eigenvalue weighted by Gasteiger charge is -2.19. The van der Waals surface area contributed by atoms with Gasteiger partial charge in [0, 0.05) is 31.5 Å². The Balaban J connectivity index is 1.83. The van der Waals surface area contributed by atoms with Crippen LogP contribution in [0.4, 0.5) is 5.69 Å². The van der Waals surface area contributed by atoms with Crippen molar-refractivity contribution in [2.45, 2.75) is 25.8 Å². The molecule has 0 spiro atoms. The number of nitrogen functional groups attached to an aromatic ring is 1. The predicted octanol–water partition coefficient (Wildman–Crippen LogP) is 0.581. The van der Waals surface area contributed by atoms with Gasteiger partial charge in [-0.3, -0.25) is 20.5 Å². The van der Waals surface area contributed by atoms with Crippen LogP contribution < -0.4 is 16.6 Å². The number of amides is 1. The molecule has 0 aromatic carbocycles. The predicted molar refractivity (Wildman–Crippen MR) is 74.6 cm³/mol. The first-order chi connectivity index (χ1) is 9.26. The van der Waals surface area contributed by atoms with E-state index in [4.69, 9.17) is 5.84 Å². The van der Waals surface area contributed by atoms with Gasteiger partial charge in [0.25, 0.3) is 5.91 Å². The lowest BCUT2D eigenvalue weighted by molar-refractivity contribution is 0.0948. The highest BCUT2D eigenvalue weighted by Gasteiger charge is 2.27. The minimum absolute atomic E-state index is 0.145. The molecule has 1 fully saturated rings. The van der Waals surface area contributed by atoms with E-state index >= 15 is 0 Å². The quantitative estimate of drug-likeness (QED) is 0.495. The summed E-state index contributed by atoms with van der Waals surface area (Å²) in [4.78, 5) is 18.4. The lowest BCUT2D eigenvalue weighted by Crippen LogP contribution is -2.36. The van der Waals surface area contributed by atoms with Crippen molar-refractivity contribution in [1.82, 2.24) is 15.2 Å². The highest BCUT2D eigenvalue weighted by atomic mass is 16.1. The molecule has 6 heteroatoms. The van der Waals surface area contributed by atoms with E-state index in [2.05, 4.69) is 27.6 Å². The van der Waals surface area contributed by atoms with Crippen molar-refractivity contribution < 1.29 is 4.79 Å². The van der Waals surface area contributed by atoms with Gasteiger partial charge >= 0.3 is 0 Å². The molecular weight excluding hydrogens is 242 g/mol. The minimum Gasteiger partial charge on any atom is -0.351 e. The number of carbonyl (C=O) groups is 1. The fourth-order valence-electron chi connectivity index (χ4n) is 2.15. The Labute approximate surface area is 113 Å². The molecule has 1 heterocycles. The van der Waals surface area contributed by atoms with Crippen LogP contribution in [0.25, 0.3) is 0 Å². The van der Waals surface area contributed by atoms with Crippen molar-refractivity contribution in [3.63, 3.8) is 0 Å². The van der Waals surface area contributed by atoms with Gasteiger partial charge in [-0.05, 0) is 25.5 Å². The van der Waals surface area contributed by atoms with Crippen molar-refractivity contribution >= 4 is 11.6 Å². The first-order valence-electron chi connectivity index (χ1n) is 6.69. The highest BCUT2D eigenvalue weighted by molar-refractivity contribution is 5.99. The molecule has 2 rings (SSSR count). The van der Waals surface area contributed by atoms with E-state index in [-0.39, 0.29) is 5.91 Å². The summed E-state index contributed by atoms with van der Waals surface area (Å²) in [5.41, 5.74) is 3.56. The number of hydrogen-bond acceptors (Lipinski definition) is 5. The van der Waals surface area contributed by atoms with Gasteiger partial charge in [0.1, 0.15) is 0 Å². The number of carbonyl (C=O) groups excluding carboxylic acids is 1. The number of anilines is 1. The van der Waals surface area contributed by atoms with Crippen molar-refractivity contribution in [2.75, 3.05) is 25.1 Å². The Morgan fingerprint density at radius 2 is 2.37 bits per heavy atom. The second-order valence-corrected chi connectivity index (χ2v) is 4.68. The van der Waals surface area contributed by atoms with Gasteiger partial charge in [0.2, 0.25) is 0 Å². The molecule has 1 aromatic heterocycles. The molecule has 0 bridgehead atoms. The van der Waals surface area contributed by atoms with E-state index in [1.54, 1.807) is 12.3 Å². The largest absolute Gasteiger partial charge is 0.351 e. The van der Waals surface area contributed by atoms with E-state index in [1.165, 1.54) is 19.0 Å². The molecule has 6 nitrogen and oxygen atoms in total. The molecular formula is C13H21N5O. The van der Waals surface area contributed by atoms with Crippen LogP contribution in [0.2, 0.25) is 0 Å². The van der Waals surface area contributed by atoms with Gasteiger partial charge in [-0.1, -0.05) is 6.92 Å². The number of nitrogens with two attached hydrogens (primary N) is 1. The van der Waals surface area contributed by atoms with E-state index < -0.39 is 0 Å². The van der Waals surface area contributed by atoms with E-state index in [0.717, 1.165) is 19.1 Å². The van der Waals surface area contributed by atoms with Crippen LogP contribution in [0, 0.1) is 0 Å². The zero-order chi connectivity index (χ0) is 13.7. The normalized spacial score (nSPS) is 14.5. The Hall–Kier alpha value is -1.66. The molecule has 0 aliphatic heterocycles. The van der Waals surface area contributed by atoms with Crippen molar-refractivity contribution in [2.24, 2.45) is 5.84 Å². The van der Waals surface area contributed by atoms with E-state index in [0.29, 0.717) is 17.8 Å². The zero-order valence-corrected chi connectivity index (χ0v) is 11.2. The second kappa shape index (κ2) is 6.49. The van der Waals surface area contributed by atoms with E-state index in [9.17, 15) is 4.79 Å². The summed E-state index contributed by atoms with van der Waals surface area (Å²) in [6.07, 6.45) is 5.68. The zero-order valence-electron chi connectivity index (χ0n) is 11.2. The maximum Gasteiger partial charge on any atom is 0.255 e. The van der Waals surface area contributed by atoms with Crippen LogP contribution in [0.15, 0.2) is 18.5 Å². The fraction of sp³-hybridized carbons (Fsp3) is 0.538. The smallest absolute Gasteiger partial charge is 0.255 e. The van der Waals surface area contributed by atoms with Crippen molar-refractivity contribution in [1.29, 1.82) is 0 Å². The number of nitrogens with zero attached hydrogens (tertiary/aromatic N) is 2. The van der Waals surface area contributed by atoms with Gasteiger partial charge < -0.3 is 10.7 Å². The number of pyridine rings is 1. The molecule has 0 saturated heterocycles. The van der Waals surface area contributed by atoms with Crippen molar-refractivity contribution in [3.05, 3.63) is 24.0 Å². The monoisotopic (exact) mass is 263 g/mol. The molecule has 1 aliphatic carbocycles. The molecule has 4 N–H and O–H groups in total. The van der Waals surface area contributed by atoms with Crippen LogP contribution in [0.3, 0.4) is 0 Å².